The second-order valence-electron chi connectivity index (χ2n) is 9.08. The largest absolute Gasteiger partial charge is 0.416 e. The number of rotatable bonds is 4. The topological polar surface area (TPSA) is 70.0 Å². The van der Waals surface area contributed by atoms with Crippen LogP contribution in [0.3, 0.4) is 0 Å². The Morgan fingerprint density at radius 2 is 1.79 bits per heavy atom. The minimum absolute atomic E-state index is 0.206. The van der Waals surface area contributed by atoms with Crippen LogP contribution >= 0.6 is 0 Å². The summed E-state index contributed by atoms with van der Waals surface area (Å²) in [7, 11) is -3.37. The number of nitrogens with zero attached hydrogens (tertiary/aromatic N) is 3. The SMILES string of the molecule is CC(C)S(=O)(=O)N1CCC2=C(CN=C2C(=O)N2CCC(c3ccccc3C(F)(F)F)CC2)C1. The minimum Gasteiger partial charge on any atom is -0.337 e. The number of hydrogen-bond donors (Lipinski definition) is 0. The highest BCUT2D eigenvalue weighted by Crippen LogP contribution is 2.39. The standard InChI is InChI=1S/C23H28F3N3O3S/c1-15(2)33(31,32)29-12-9-19-17(14-29)13-27-21(19)22(30)28-10-7-16(8-11-28)18-5-3-4-6-20(18)23(24,25)26/h3-6,15-16H,7-14H2,1-2H3. The van der Waals surface area contributed by atoms with Gasteiger partial charge < -0.3 is 4.90 Å². The lowest BCUT2D eigenvalue weighted by Crippen LogP contribution is -2.44. The van der Waals surface area contributed by atoms with E-state index < -0.39 is 27.0 Å². The van der Waals surface area contributed by atoms with Crippen molar-refractivity contribution in [2.24, 2.45) is 4.99 Å². The molecule has 0 saturated carbocycles. The number of aliphatic imine (C=N–C) groups is 1. The van der Waals surface area contributed by atoms with Crippen molar-refractivity contribution in [3.63, 3.8) is 0 Å². The summed E-state index contributed by atoms with van der Waals surface area (Å²) >= 11 is 0. The third kappa shape index (κ3) is 4.59. The number of alkyl halides is 3. The smallest absolute Gasteiger partial charge is 0.337 e. The number of carbonyl (C=O) groups excluding carboxylic acids is 1. The molecule has 6 nitrogen and oxygen atoms in total. The number of sulfonamides is 1. The van der Waals surface area contributed by atoms with Crippen LogP contribution in [-0.4, -0.2) is 67.2 Å². The van der Waals surface area contributed by atoms with Crippen LogP contribution in [0, 0.1) is 0 Å². The number of amides is 1. The van der Waals surface area contributed by atoms with Crippen LogP contribution in [0.5, 0.6) is 0 Å². The van der Waals surface area contributed by atoms with Gasteiger partial charge in [0.25, 0.3) is 5.91 Å². The normalized spacial score (nSPS) is 20.9. The van der Waals surface area contributed by atoms with Gasteiger partial charge in [-0.1, -0.05) is 18.2 Å². The maximum atomic E-state index is 13.4. The van der Waals surface area contributed by atoms with Crippen molar-refractivity contribution in [2.75, 3.05) is 32.7 Å². The van der Waals surface area contributed by atoms with Gasteiger partial charge in [-0.25, -0.2) is 8.42 Å². The molecule has 0 aliphatic carbocycles. The van der Waals surface area contributed by atoms with Crippen LogP contribution in [-0.2, 0) is 21.0 Å². The number of likely N-dealkylation sites (tertiary alicyclic amines) is 1. The Hall–Kier alpha value is -2.20. The molecule has 4 rings (SSSR count). The number of hydrogen-bond acceptors (Lipinski definition) is 4. The maximum absolute atomic E-state index is 13.4. The molecule has 1 aromatic rings. The summed E-state index contributed by atoms with van der Waals surface area (Å²) in [6.07, 6.45) is -3.04. The van der Waals surface area contributed by atoms with Gasteiger partial charge in [0.1, 0.15) is 5.71 Å². The van der Waals surface area contributed by atoms with Crippen molar-refractivity contribution in [1.82, 2.24) is 9.21 Å². The van der Waals surface area contributed by atoms with Gasteiger partial charge in [-0.2, -0.15) is 17.5 Å². The summed E-state index contributed by atoms with van der Waals surface area (Å²) in [6, 6.07) is 5.66. The zero-order valence-electron chi connectivity index (χ0n) is 18.7. The fourth-order valence-corrected chi connectivity index (χ4v) is 6.15. The zero-order chi connectivity index (χ0) is 24.0. The molecule has 0 radical (unpaired) electrons. The molecule has 3 aliphatic heterocycles. The van der Waals surface area contributed by atoms with Crippen molar-refractivity contribution < 1.29 is 26.4 Å². The van der Waals surface area contributed by atoms with Crippen LogP contribution in [0.15, 0.2) is 40.4 Å². The highest BCUT2D eigenvalue weighted by molar-refractivity contribution is 7.89. The first-order valence-electron chi connectivity index (χ1n) is 11.2. The van der Waals surface area contributed by atoms with Crippen LogP contribution in [0.2, 0.25) is 0 Å². The lowest BCUT2D eigenvalue weighted by molar-refractivity contribution is -0.138. The van der Waals surface area contributed by atoms with E-state index in [1.165, 1.54) is 16.4 Å². The molecule has 0 spiro atoms. The van der Waals surface area contributed by atoms with Gasteiger partial charge in [-0.05, 0) is 61.8 Å². The van der Waals surface area contributed by atoms with Gasteiger partial charge in [0.15, 0.2) is 0 Å². The number of carbonyl (C=O) groups is 1. The van der Waals surface area contributed by atoms with Crippen molar-refractivity contribution in [2.45, 2.75) is 50.5 Å². The molecule has 1 aromatic carbocycles. The highest BCUT2D eigenvalue weighted by atomic mass is 32.2. The van der Waals surface area contributed by atoms with Crippen molar-refractivity contribution >= 4 is 21.6 Å². The van der Waals surface area contributed by atoms with Crippen LogP contribution in [0.1, 0.15) is 50.2 Å². The molecule has 3 heterocycles. The average molecular weight is 484 g/mol. The number of benzene rings is 1. The maximum Gasteiger partial charge on any atom is 0.416 e. The first-order valence-corrected chi connectivity index (χ1v) is 12.7. The van der Waals surface area contributed by atoms with E-state index in [0.717, 1.165) is 17.2 Å². The molecule has 0 bridgehead atoms. The van der Waals surface area contributed by atoms with Gasteiger partial charge in [0.2, 0.25) is 10.0 Å². The molecular weight excluding hydrogens is 455 g/mol. The van der Waals surface area contributed by atoms with Crippen molar-refractivity contribution in [3.8, 4) is 0 Å². The predicted octanol–water partition coefficient (Wildman–Crippen LogP) is 3.61. The van der Waals surface area contributed by atoms with Crippen LogP contribution in [0.4, 0.5) is 13.2 Å². The summed E-state index contributed by atoms with van der Waals surface area (Å²) in [5.74, 6) is -0.459. The van der Waals surface area contributed by atoms with Gasteiger partial charge in [-0.3, -0.25) is 9.79 Å². The predicted molar refractivity (Wildman–Crippen MR) is 120 cm³/mol. The molecule has 0 aromatic heterocycles. The van der Waals surface area contributed by atoms with Gasteiger partial charge in [-0.15, -0.1) is 0 Å². The summed E-state index contributed by atoms with van der Waals surface area (Å²) in [5.41, 5.74) is 1.77. The van der Waals surface area contributed by atoms with Crippen LogP contribution < -0.4 is 0 Å². The number of halogens is 3. The van der Waals surface area contributed by atoms with E-state index in [4.69, 9.17) is 0 Å². The van der Waals surface area contributed by atoms with E-state index in [9.17, 15) is 26.4 Å². The molecular formula is C23H28F3N3O3S. The molecule has 0 atom stereocenters. The second kappa shape index (κ2) is 8.87. The Kier molecular flexibility index (Phi) is 6.43. The van der Waals surface area contributed by atoms with Gasteiger partial charge >= 0.3 is 6.18 Å². The van der Waals surface area contributed by atoms with Gasteiger partial charge in [0, 0.05) is 26.2 Å². The molecule has 0 N–H and O–H groups in total. The third-order valence-corrected chi connectivity index (χ3v) is 8.99. The summed E-state index contributed by atoms with van der Waals surface area (Å²) in [4.78, 5) is 19.2. The second-order valence-corrected chi connectivity index (χ2v) is 11.6. The molecule has 0 unspecified atom stereocenters. The average Bonchev–Trinajstić information content (AvgIpc) is 3.21. The molecule has 1 fully saturated rings. The monoisotopic (exact) mass is 483 g/mol. The molecule has 10 heteroatoms. The minimum atomic E-state index is -4.40. The summed E-state index contributed by atoms with van der Waals surface area (Å²) in [6.45, 7) is 4.92. The van der Waals surface area contributed by atoms with Gasteiger partial charge in [0.05, 0.1) is 17.4 Å². The molecule has 33 heavy (non-hydrogen) atoms. The Bertz CT molecular complexity index is 1100. The third-order valence-electron chi connectivity index (χ3n) is 6.77. The lowest BCUT2D eigenvalue weighted by atomic mass is 9.86. The van der Waals surface area contributed by atoms with E-state index in [2.05, 4.69) is 4.99 Å². The van der Waals surface area contributed by atoms with Crippen LogP contribution in [0.25, 0.3) is 0 Å². The first kappa shape index (κ1) is 23.9. The fraction of sp³-hybridized carbons (Fsp3) is 0.565. The van der Waals surface area contributed by atoms with Crippen molar-refractivity contribution in [3.05, 3.63) is 46.5 Å². The van der Waals surface area contributed by atoms with E-state index in [-0.39, 0.29) is 18.4 Å². The molecule has 3 aliphatic rings. The Morgan fingerprint density at radius 3 is 2.42 bits per heavy atom. The van der Waals surface area contributed by atoms with E-state index >= 15 is 0 Å². The Labute approximate surface area is 192 Å². The Balaban J connectivity index is 1.42. The first-order chi connectivity index (χ1) is 15.5. The highest BCUT2D eigenvalue weighted by Gasteiger charge is 2.39. The molecule has 180 valence electrons. The van der Waals surface area contributed by atoms with E-state index in [1.807, 2.05) is 0 Å². The molecule has 1 saturated heterocycles. The summed E-state index contributed by atoms with van der Waals surface area (Å²) in [5, 5.41) is -0.508. The number of piperidine rings is 1. The molecule has 1 amide bonds. The van der Waals surface area contributed by atoms with E-state index in [0.29, 0.717) is 56.7 Å². The van der Waals surface area contributed by atoms with Crippen molar-refractivity contribution in [1.29, 1.82) is 0 Å². The Morgan fingerprint density at radius 1 is 1.12 bits per heavy atom. The fourth-order valence-electron chi connectivity index (χ4n) is 4.87. The zero-order valence-corrected chi connectivity index (χ0v) is 19.5. The quantitative estimate of drug-likeness (QED) is 0.657. The lowest BCUT2D eigenvalue weighted by Gasteiger charge is -2.34. The van der Waals surface area contributed by atoms with E-state index in [1.54, 1.807) is 24.8 Å². The summed E-state index contributed by atoms with van der Waals surface area (Å²) < 4.78 is 66.6.